The monoisotopic (exact) mass is 1010 g/mol. The van der Waals surface area contributed by atoms with Crippen LogP contribution in [0.15, 0.2) is 237 Å². The van der Waals surface area contributed by atoms with Gasteiger partial charge in [0.25, 0.3) is 0 Å². The zero-order chi connectivity index (χ0) is 52.1. The van der Waals surface area contributed by atoms with Gasteiger partial charge in [-0.25, -0.2) is 0 Å². The number of para-hydroxylation sites is 1. The van der Waals surface area contributed by atoms with Gasteiger partial charge in [0, 0.05) is 88.6 Å². The van der Waals surface area contributed by atoms with Gasteiger partial charge in [0.05, 0.1) is 41.0 Å². The number of benzene rings is 5. The van der Waals surface area contributed by atoms with Crippen LogP contribution in [0, 0.1) is 6.92 Å². The quantitative estimate of drug-likeness (QED) is 0.165. The molecule has 11 aromatic rings. The highest BCUT2D eigenvalue weighted by Gasteiger charge is 2.59. The summed E-state index contributed by atoms with van der Waals surface area (Å²) >= 11 is 0. The number of hydrogen-bond acceptors (Lipinski definition) is 2. The second-order valence-electron chi connectivity index (χ2n) is 22.5. The molecule has 4 aliphatic rings. The van der Waals surface area contributed by atoms with E-state index in [-0.39, 0.29) is 17.4 Å². The maximum absolute atomic E-state index is 6.94. The molecule has 10 heterocycles. The Morgan fingerprint density at radius 1 is 0.590 bits per heavy atom. The van der Waals surface area contributed by atoms with Crippen LogP contribution in [0.3, 0.4) is 0 Å². The fraction of sp³-hybridized carbons (Fsp3) is 0.181. The zero-order valence-corrected chi connectivity index (χ0v) is 44.2. The number of nitrogens with zero attached hydrogens (tertiary/aromatic N) is 5. The summed E-state index contributed by atoms with van der Waals surface area (Å²) in [5.74, 6) is 0.136. The highest BCUT2D eigenvalue weighted by Crippen LogP contribution is 2.56. The normalized spacial score (nSPS) is 20.1. The molecular formula is C72H61N5O+4. The molecule has 0 spiro atoms. The molecule has 0 amide bonds. The number of hydrogen-bond donors (Lipinski definition) is 0. The van der Waals surface area contributed by atoms with Crippen molar-refractivity contribution in [3.05, 3.63) is 260 Å². The number of fused-ring (bicyclic) bond motifs is 22. The molecule has 6 nitrogen and oxygen atoms in total. The van der Waals surface area contributed by atoms with Gasteiger partial charge in [0.15, 0.2) is 47.8 Å². The third kappa shape index (κ3) is 7.11. The first kappa shape index (κ1) is 46.4. The van der Waals surface area contributed by atoms with Gasteiger partial charge in [-0.1, -0.05) is 91.0 Å². The van der Waals surface area contributed by atoms with Crippen LogP contribution in [0.1, 0.15) is 78.3 Å². The van der Waals surface area contributed by atoms with Gasteiger partial charge in [-0.05, 0) is 129 Å². The molecular weight excluding hydrogens is 951 g/mol. The van der Waals surface area contributed by atoms with Crippen molar-refractivity contribution in [3.63, 3.8) is 0 Å². The molecule has 5 aromatic carbocycles. The van der Waals surface area contributed by atoms with Crippen molar-refractivity contribution in [2.45, 2.75) is 81.2 Å². The molecule has 4 unspecified atom stereocenters. The summed E-state index contributed by atoms with van der Waals surface area (Å²) in [6.07, 6.45) is 18.1. The second kappa shape index (κ2) is 18.1. The van der Waals surface area contributed by atoms with Crippen LogP contribution in [-0.4, -0.2) is 4.98 Å². The van der Waals surface area contributed by atoms with Crippen LogP contribution in [0.5, 0.6) is 0 Å². The zero-order valence-electron chi connectivity index (χ0n) is 44.2. The number of aryl methyl sites for hydroxylation is 3. The van der Waals surface area contributed by atoms with E-state index in [4.69, 9.17) is 22.6 Å². The lowest BCUT2D eigenvalue weighted by Gasteiger charge is -2.46. The van der Waals surface area contributed by atoms with Crippen LogP contribution < -0.4 is 18.3 Å². The average molecular weight is 1010 g/mol. The van der Waals surface area contributed by atoms with Crippen LogP contribution in [0.4, 0.5) is 0 Å². The van der Waals surface area contributed by atoms with E-state index < -0.39 is 5.54 Å². The summed E-state index contributed by atoms with van der Waals surface area (Å²) in [4.78, 5) is 4.79. The molecule has 6 heteroatoms. The van der Waals surface area contributed by atoms with Gasteiger partial charge < -0.3 is 4.42 Å². The van der Waals surface area contributed by atoms with E-state index in [1.165, 1.54) is 61.5 Å². The highest BCUT2D eigenvalue weighted by molar-refractivity contribution is 6.09. The van der Waals surface area contributed by atoms with Gasteiger partial charge >= 0.3 is 0 Å². The second-order valence-corrected chi connectivity index (χ2v) is 22.5. The Labute approximate surface area is 456 Å². The number of rotatable bonds is 4. The Morgan fingerprint density at radius 2 is 1.35 bits per heavy atom. The third-order valence-electron chi connectivity index (χ3n) is 18.6. The van der Waals surface area contributed by atoms with E-state index in [9.17, 15) is 0 Å². The first-order chi connectivity index (χ1) is 38.4. The van der Waals surface area contributed by atoms with Crippen molar-refractivity contribution in [2.75, 3.05) is 0 Å². The first-order valence-corrected chi connectivity index (χ1v) is 27.9. The summed E-state index contributed by atoms with van der Waals surface area (Å²) in [6, 6.07) is 69.9. The molecule has 0 fully saturated rings. The fourth-order valence-corrected chi connectivity index (χ4v) is 15.0. The highest BCUT2D eigenvalue weighted by atomic mass is 16.3. The predicted octanol–water partition coefficient (Wildman–Crippen LogP) is 14.9. The van der Waals surface area contributed by atoms with Gasteiger partial charge in [0.1, 0.15) is 11.2 Å². The van der Waals surface area contributed by atoms with Crippen molar-refractivity contribution in [3.8, 4) is 56.3 Å². The summed E-state index contributed by atoms with van der Waals surface area (Å²) in [7, 11) is 0. The van der Waals surface area contributed by atoms with Crippen LogP contribution >= 0.6 is 0 Å². The van der Waals surface area contributed by atoms with Crippen molar-refractivity contribution in [1.29, 1.82) is 0 Å². The van der Waals surface area contributed by atoms with Crippen molar-refractivity contribution in [2.24, 2.45) is 0 Å². The minimum absolute atomic E-state index is 0.0436. The summed E-state index contributed by atoms with van der Waals surface area (Å²) in [6.45, 7) is 12.5. The van der Waals surface area contributed by atoms with Crippen LogP contribution in [0.2, 0.25) is 0 Å². The Kier molecular flexibility index (Phi) is 10.8. The van der Waals surface area contributed by atoms with E-state index in [1.807, 2.05) is 12.3 Å². The van der Waals surface area contributed by atoms with Crippen molar-refractivity contribution >= 4 is 33.3 Å². The molecule has 4 atom stereocenters. The molecule has 4 aliphatic heterocycles. The Morgan fingerprint density at radius 3 is 2.24 bits per heavy atom. The lowest BCUT2D eigenvalue weighted by atomic mass is 9.59. The van der Waals surface area contributed by atoms with E-state index in [2.05, 4.69) is 232 Å². The minimum Gasteiger partial charge on any atom is -0.455 e. The van der Waals surface area contributed by atoms with E-state index in [0.29, 0.717) is 0 Å². The molecule has 78 heavy (non-hydrogen) atoms. The number of allylic oxidation sites excluding steroid dienone is 2. The summed E-state index contributed by atoms with van der Waals surface area (Å²) in [5, 5.41) is 2.29. The smallest absolute Gasteiger partial charge is 0.222 e. The fourth-order valence-electron chi connectivity index (χ4n) is 15.0. The Hall–Kier alpha value is -8.87. The third-order valence-corrected chi connectivity index (χ3v) is 18.6. The largest absolute Gasteiger partial charge is 0.455 e. The first-order valence-electron chi connectivity index (χ1n) is 27.9. The molecule has 0 aliphatic carbocycles. The van der Waals surface area contributed by atoms with Crippen LogP contribution in [-0.2, 0) is 23.8 Å². The summed E-state index contributed by atoms with van der Waals surface area (Å²) in [5.41, 5.74) is 21.8. The van der Waals surface area contributed by atoms with Crippen LogP contribution in [0.25, 0.3) is 89.6 Å². The summed E-state index contributed by atoms with van der Waals surface area (Å²) < 4.78 is 17.1. The van der Waals surface area contributed by atoms with Gasteiger partial charge in [-0.15, -0.1) is 0 Å². The average Bonchev–Trinajstić information content (AvgIpc) is 3.94. The number of furan rings is 1. The van der Waals surface area contributed by atoms with E-state index >= 15 is 0 Å². The Balaban J connectivity index is 0.938. The molecule has 0 radical (unpaired) electrons. The van der Waals surface area contributed by atoms with Gasteiger partial charge in [-0.2, -0.15) is 18.3 Å². The molecule has 0 saturated carbocycles. The SMILES string of the molecule is C=C1CC2[n+]3ccccc3-c3ccccc3C2(CCC23CC(=C)[n+]4ccc(C)cc4-c4c(ccc5c4oc4ccccc45)CCC2c2ccccc2-c2cccc[n+]23)CCc2ccccc2-c2cc(-c3ccccn3)cc[n+]21. The molecule has 15 rings (SSSR count). The number of aromatic nitrogens is 5. The lowest BCUT2D eigenvalue weighted by molar-refractivity contribution is -0.765. The van der Waals surface area contributed by atoms with E-state index in [1.54, 1.807) is 0 Å². The number of pyridine rings is 5. The molecule has 376 valence electrons. The van der Waals surface area contributed by atoms with Gasteiger partial charge in [0.2, 0.25) is 22.8 Å². The molecule has 0 N–H and O–H groups in total. The Bertz CT molecular complexity index is 4270. The maximum atomic E-state index is 6.94. The predicted molar refractivity (Wildman–Crippen MR) is 311 cm³/mol. The maximum Gasteiger partial charge on any atom is 0.222 e. The standard InChI is InChI=1S/C72H61N5O/c1-48-34-42-75-50(3)47-72(61(55-20-6-7-21-56(55)64-27-14-17-41-77(64)72)32-30-52-29-31-58-57-22-9-11-28-67(57)78-70(58)69(52)66(75)44-48)38-37-71-36-33-51-18-4-5-19-54(51)65-46-53(62-25-12-15-39-73-62)35-43-74(65)49(2)45-68(71)76-40-16-13-26-63(76)59-23-8-10-24-60(59)71/h4-29,31,34-35,39-44,46,61,68H,2-3,30,32-33,36-38,45,47H2,1H3/q+4. The van der Waals surface area contributed by atoms with E-state index in [0.717, 1.165) is 107 Å². The topological polar surface area (TPSA) is 41.6 Å². The van der Waals surface area contributed by atoms with Gasteiger partial charge in [-0.3, -0.25) is 4.98 Å². The molecule has 6 aromatic heterocycles. The lowest BCUT2D eigenvalue weighted by Crippen LogP contribution is -2.65. The van der Waals surface area contributed by atoms with Crippen molar-refractivity contribution in [1.82, 2.24) is 4.98 Å². The molecule has 0 saturated heterocycles. The minimum atomic E-state index is -0.429. The molecule has 0 bridgehead atoms. The van der Waals surface area contributed by atoms with Crippen molar-refractivity contribution < 1.29 is 22.7 Å².